The van der Waals surface area contributed by atoms with Crippen LogP contribution in [0.25, 0.3) is 0 Å². The van der Waals surface area contributed by atoms with Gasteiger partial charge in [-0.3, -0.25) is 0 Å². The second-order valence-corrected chi connectivity index (χ2v) is 22.5. The molecule has 18 heavy (non-hydrogen) atoms. The number of rotatable bonds is 0. The monoisotopic (exact) mass is 324 g/mol. The van der Waals surface area contributed by atoms with E-state index in [1.807, 2.05) is 0 Å². The largest absolute Gasteiger partial charge is 0.434 e. The van der Waals surface area contributed by atoms with Gasteiger partial charge < -0.3 is 17.1 Å². The normalized spacial score (nSPS) is 30.7. The molecule has 0 aromatic rings. The predicted octanol–water partition coefficient (Wildman–Crippen LogP) is 2.96. The molecule has 1 aliphatic rings. The first-order valence-electron chi connectivity index (χ1n) is 6.51. The van der Waals surface area contributed by atoms with Crippen LogP contribution in [-0.4, -0.2) is 46.2 Å². The molecule has 0 amide bonds. The molecule has 0 spiro atoms. The second kappa shape index (κ2) is 5.24. The zero-order chi connectivity index (χ0) is 14.2. The third-order valence-corrected chi connectivity index (χ3v) is 14.9. The molecule has 0 N–H and O–H groups in total. The average molecular weight is 325 g/mol. The minimum absolute atomic E-state index is 0.705. The van der Waals surface area contributed by atoms with Crippen LogP contribution in [0.2, 0.25) is 52.4 Å². The summed E-state index contributed by atoms with van der Waals surface area (Å²) < 4.78 is 24.8. The van der Waals surface area contributed by atoms with Gasteiger partial charge in [-0.25, -0.2) is 0 Å². The van der Waals surface area contributed by atoms with Crippen LogP contribution in [0, 0.1) is 0 Å². The van der Waals surface area contributed by atoms with Crippen LogP contribution in [0.1, 0.15) is 0 Å². The lowest BCUT2D eigenvalue weighted by Gasteiger charge is -2.41. The van der Waals surface area contributed by atoms with Crippen molar-refractivity contribution in [1.29, 1.82) is 0 Å². The molecule has 0 aliphatic carbocycles. The zero-order valence-corrected chi connectivity index (χ0v) is 17.0. The fraction of sp³-hybridized carbons (Fsp3) is 1.00. The summed E-state index contributed by atoms with van der Waals surface area (Å²) in [6.07, 6.45) is 1.41. The van der Waals surface area contributed by atoms with E-state index in [1.54, 1.807) is 0 Å². The van der Waals surface area contributed by atoms with Gasteiger partial charge in [0, 0.05) is 0 Å². The summed E-state index contributed by atoms with van der Waals surface area (Å²) in [6.45, 7) is 17.3. The topological polar surface area (TPSA) is 36.9 Å². The molecule has 8 heteroatoms. The van der Waals surface area contributed by atoms with E-state index in [0.717, 1.165) is 0 Å². The van der Waals surface area contributed by atoms with Gasteiger partial charge in [-0.15, -0.1) is 0 Å². The zero-order valence-electron chi connectivity index (χ0n) is 13.0. The Morgan fingerprint density at radius 3 is 1.11 bits per heavy atom. The van der Waals surface area contributed by atoms with Gasteiger partial charge in [0.1, 0.15) is 0 Å². The Labute approximate surface area is 116 Å². The van der Waals surface area contributed by atoms with Crippen LogP contribution in [0.5, 0.6) is 0 Å². The molecule has 0 radical (unpaired) electrons. The maximum Gasteiger partial charge on any atom is 0.321 e. The van der Waals surface area contributed by atoms with Gasteiger partial charge >= 0.3 is 17.1 Å². The second-order valence-electron chi connectivity index (χ2n) is 7.10. The van der Waals surface area contributed by atoms with Crippen molar-refractivity contribution in [2.75, 3.05) is 12.5 Å². The summed E-state index contributed by atoms with van der Waals surface area (Å²) in [5.74, 6) is 0. The molecule has 1 aliphatic heterocycles. The van der Waals surface area contributed by atoms with Crippen molar-refractivity contribution in [3.8, 4) is 0 Å². The van der Waals surface area contributed by atoms with E-state index in [0.29, 0.717) is 12.5 Å². The Hall–Kier alpha value is 0.708. The standard InChI is InChI=1S/C10H28O4Si4/c1-15(2)9-11-18(7,8)14-16(3,4)10-12-17(5,6)13-15/h9-10H2,1-8H3. The summed E-state index contributed by atoms with van der Waals surface area (Å²) in [4.78, 5) is 0. The van der Waals surface area contributed by atoms with Crippen molar-refractivity contribution in [2.24, 2.45) is 0 Å². The Morgan fingerprint density at radius 1 is 0.556 bits per heavy atom. The van der Waals surface area contributed by atoms with Crippen LogP contribution in [-0.2, 0) is 17.1 Å². The van der Waals surface area contributed by atoms with Gasteiger partial charge in [0.05, 0.1) is 12.5 Å². The van der Waals surface area contributed by atoms with Gasteiger partial charge in [-0.05, 0) is 52.4 Å². The van der Waals surface area contributed by atoms with E-state index in [1.165, 1.54) is 0 Å². The fourth-order valence-electron chi connectivity index (χ4n) is 2.14. The summed E-state index contributed by atoms with van der Waals surface area (Å²) in [5.41, 5.74) is 0. The third-order valence-electron chi connectivity index (χ3n) is 2.58. The highest BCUT2D eigenvalue weighted by atomic mass is 28.4. The Balaban J connectivity index is 2.89. The van der Waals surface area contributed by atoms with Crippen molar-refractivity contribution in [2.45, 2.75) is 52.4 Å². The van der Waals surface area contributed by atoms with Crippen LogP contribution in [0.15, 0.2) is 0 Å². The van der Waals surface area contributed by atoms with Gasteiger partial charge in [0.25, 0.3) is 0 Å². The fourth-order valence-corrected chi connectivity index (χ4v) is 19.3. The van der Waals surface area contributed by atoms with Crippen LogP contribution in [0.4, 0.5) is 0 Å². The van der Waals surface area contributed by atoms with Crippen LogP contribution >= 0.6 is 0 Å². The van der Waals surface area contributed by atoms with Gasteiger partial charge in [0.15, 0.2) is 16.6 Å². The molecule has 1 rings (SSSR count). The Kier molecular flexibility index (Phi) is 4.88. The number of hydrogen-bond acceptors (Lipinski definition) is 4. The van der Waals surface area contributed by atoms with E-state index in [9.17, 15) is 0 Å². The third kappa shape index (κ3) is 5.78. The first-order chi connectivity index (χ1) is 7.83. The van der Waals surface area contributed by atoms with E-state index in [2.05, 4.69) is 52.4 Å². The Bertz CT molecular complexity index is 246. The molecule has 0 bridgehead atoms. The lowest BCUT2D eigenvalue weighted by molar-refractivity contribution is 0.223. The minimum atomic E-state index is -2.05. The van der Waals surface area contributed by atoms with Crippen LogP contribution in [0.3, 0.4) is 0 Å². The highest BCUT2D eigenvalue weighted by Crippen LogP contribution is 2.24. The van der Waals surface area contributed by atoms with Crippen molar-refractivity contribution >= 4 is 33.8 Å². The molecule has 0 aromatic heterocycles. The summed E-state index contributed by atoms with van der Waals surface area (Å²) in [5, 5.41) is 0. The van der Waals surface area contributed by atoms with E-state index in [4.69, 9.17) is 17.1 Å². The minimum Gasteiger partial charge on any atom is -0.434 e. The highest BCUT2D eigenvalue weighted by molar-refractivity contribution is 6.86. The first-order valence-corrected chi connectivity index (χ1v) is 18.4. The maximum atomic E-state index is 6.31. The lowest BCUT2D eigenvalue weighted by atomic mass is 11.7. The smallest absolute Gasteiger partial charge is 0.321 e. The van der Waals surface area contributed by atoms with E-state index >= 15 is 0 Å². The molecule has 1 saturated heterocycles. The molecule has 0 saturated carbocycles. The summed E-state index contributed by atoms with van der Waals surface area (Å²) >= 11 is 0. The SMILES string of the molecule is C[Si]1(C)CO[Si](C)(C)O[Si](C)(C)CO[Si](C)(C)O1. The molecule has 0 unspecified atom stereocenters. The van der Waals surface area contributed by atoms with Gasteiger partial charge in [-0.2, -0.15) is 0 Å². The summed E-state index contributed by atoms with van der Waals surface area (Å²) in [7, 11) is -7.72. The Morgan fingerprint density at radius 2 is 0.833 bits per heavy atom. The molecular weight excluding hydrogens is 296 g/mol. The lowest BCUT2D eigenvalue weighted by Crippen LogP contribution is -2.58. The predicted molar refractivity (Wildman–Crippen MR) is 84.0 cm³/mol. The van der Waals surface area contributed by atoms with Crippen molar-refractivity contribution in [3.05, 3.63) is 0 Å². The number of hydrogen-bond donors (Lipinski definition) is 0. The van der Waals surface area contributed by atoms with Gasteiger partial charge in [0.2, 0.25) is 0 Å². The molecule has 0 atom stereocenters. The molecule has 108 valence electrons. The van der Waals surface area contributed by atoms with Gasteiger partial charge in [-0.1, -0.05) is 0 Å². The molecule has 4 nitrogen and oxygen atoms in total. The molecular formula is C10H28O4Si4. The molecule has 1 fully saturated rings. The van der Waals surface area contributed by atoms with Crippen molar-refractivity contribution < 1.29 is 17.1 Å². The maximum absolute atomic E-state index is 6.31. The van der Waals surface area contributed by atoms with Crippen LogP contribution < -0.4 is 0 Å². The quantitative estimate of drug-likeness (QED) is 0.642. The summed E-state index contributed by atoms with van der Waals surface area (Å²) in [6, 6.07) is 0. The first kappa shape index (κ1) is 16.8. The average Bonchev–Trinajstić information content (AvgIpc) is 2.08. The van der Waals surface area contributed by atoms with Crippen molar-refractivity contribution in [3.63, 3.8) is 0 Å². The molecule has 0 aromatic carbocycles. The van der Waals surface area contributed by atoms with E-state index < -0.39 is 33.8 Å². The molecule has 1 heterocycles. The highest BCUT2D eigenvalue weighted by Gasteiger charge is 2.43. The van der Waals surface area contributed by atoms with E-state index in [-0.39, 0.29) is 0 Å². The van der Waals surface area contributed by atoms with Crippen molar-refractivity contribution in [1.82, 2.24) is 0 Å².